The molecule has 2 saturated heterocycles. The van der Waals surface area contributed by atoms with Crippen LogP contribution in [0.15, 0.2) is 18.2 Å². The van der Waals surface area contributed by atoms with Crippen molar-refractivity contribution in [3.05, 3.63) is 23.8 Å². The van der Waals surface area contributed by atoms with E-state index in [9.17, 15) is 9.90 Å². The molecule has 0 aliphatic carbocycles. The number of nitrogens with zero attached hydrogens (tertiary/aromatic N) is 1. The largest absolute Gasteiger partial charge is 0.504 e. The van der Waals surface area contributed by atoms with Crippen LogP contribution in [0.2, 0.25) is 0 Å². The van der Waals surface area contributed by atoms with Crippen molar-refractivity contribution in [2.75, 3.05) is 20.2 Å². The topological polar surface area (TPSA) is 61.8 Å². The molecule has 2 atom stereocenters. The van der Waals surface area contributed by atoms with Gasteiger partial charge in [-0.05, 0) is 50.4 Å². The number of carbonyl (C=O) groups is 1. The number of benzene rings is 1. The summed E-state index contributed by atoms with van der Waals surface area (Å²) in [6.07, 6.45) is 4.56. The summed E-state index contributed by atoms with van der Waals surface area (Å²) < 4.78 is 4.99. The fourth-order valence-corrected chi connectivity index (χ4v) is 3.46. The minimum absolute atomic E-state index is 0.00392. The summed E-state index contributed by atoms with van der Waals surface area (Å²) in [5, 5.41) is 12.9. The van der Waals surface area contributed by atoms with Gasteiger partial charge in [0.25, 0.3) is 5.91 Å². The summed E-state index contributed by atoms with van der Waals surface area (Å²) in [5.74, 6) is 0.256. The van der Waals surface area contributed by atoms with Gasteiger partial charge in [0.2, 0.25) is 0 Å². The van der Waals surface area contributed by atoms with Crippen molar-refractivity contribution in [1.82, 2.24) is 10.2 Å². The Morgan fingerprint density at radius 2 is 2.24 bits per heavy atom. The molecule has 0 spiro atoms. The second-order valence-corrected chi connectivity index (χ2v) is 5.91. The zero-order valence-corrected chi connectivity index (χ0v) is 12.3. The minimum Gasteiger partial charge on any atom is -0.504 e. The van der Waals surface area contributed by atoms with E-state index in [0.717, 1.165) is 19.4 Å². The van der Waals surface area contributed by atoms with Crippen molar-refractivity contribution in [3.63, 3.8) is 0 Å². The van der Waals surface area contributed by atoms with Crippen LogP contribution in [-0.2, 0) is 0 Å². The normalized spacial score (nSPS) is 25.4. The lowest BCUT2D eigenvalue weighted by Gasteiger charge is -2.35. The Morgan fingerprint density at radius 3 is 3.00 bits per heavy atom. The lowest BCUT2D eigenvalue weighted by Crippen LogP contribution is -2.47. The Kier molecular flexibility index (Phi) is 4.01. The van der Waals surface area contributed by atoms with E-state index in [4.69, 9.17) is 4.74 Å². The molecule has 1 amide bonds. The molecule has 2 aliphatic rings. The van der Waals surface area contributed by atoms with E-state index < -0.39 is 0 Å². The first-order valence-corrected chi connectivity index (χ1v) is 7.59. The fraction of sp³-hybridized carbons (Fsp3) is 0.562. The molecule has 5 nitrogen and oxygen atoms in total. The van der Waals surface area contributed by atoms with Crippen molar-refractivity contribution >= 4 is 5.91 Å². The van der Waals surface area contributed by atoms with Crippen molar-refractivity contribution in [2.45, 2.75) is 37.8 Å². The van der Waals surface area contributed by atoms with Crippen molar-refractivity contribution in [1.29, 1.82) is 0 Å². The number of nitrogens with one attached hydrogen (secondary N) is 1. The SMILES string of the molecule is COc1ccc(C(=O)NC2CCN3CCCC3C2)cc1O. The van der Waals surface area contributed by atoms with Crippen molar-refractivity contribution in [3.8, 4) is 11.5 Å². The molecule has 2 heterocycles. The van der Waals surface area contributed by atoms with Gasteiger partial charge in [-0.25, -0.2) is 0 Å². The van der Waals surface area contributed by atoms with Crippen LogP contribution in [0.1, 0.15) is 36.0 Å². The number of carbonyl (C=O) groups excluding carboxylic acids is 1. The third-order valence-electron chi connectivity index (χ3n) is 4.60. The van der Waals surface area contributed by atoms with Gasteiger partial charge >= 0.3 is 0 Å². The summed E-state index contributed by atoms with van der Waals surface area (Å²) in [6.45, 7) is 2.28. The first-order chi connectivity index (χ1) is 10.2. The van der Waals surface area contributed by atoms with Gasteiger partial charge in [-0.2, -0.15) is 0 Å². The lowest BCUT2D eigenvalue weighted by molar-refractivity contribution is 0.0895. The van der Waals surface area contributed by atoms with E-state index in [1.807, 2.05) is 0 Å². The van der Waals surface area contributed by atoms with Gasteiger partial charge in [-0.1, -0.05) is 0 Å². The highest BCUT2D eigenvalue weighted by Crippen LogP contribution is 2.28. The van der Waals surface area contributed by atoms with E-state index in [1.165, 1.54) is 32.6 Å². The Hall–Kier alpha value is -1.75. The highest BCUT2D eigenvalue weighted by atomic mass is 16.5. The predicted molar refractivity (Wildman–Crippen MR) is 79.7 cm³/mol. The van der Waals surface area contributed by atoms with Crippen LogP contribution >= 0.6 is 0 Å². The van der Waals surface area contributed by atoms with Crippen LogP contribution in [0.25, 0.3) is 0 Å². The van der Waals surface area contributed by atoms with E-state index >= 15 is 0 Å². The first-order valence-electron chi connectivity index (χ1n) is 7.59. The number of aromatic hydroxyl groups is 1. The number of rotatable bonds is 3. The summed E-state index contributed by atoms with van der Waals surface area (Å²) >= 11 is 0. The van der Waals surface area contributed by atoms with E-state index in [-0.39, 0.29) is 17.7 Å². The molecule has 0 bridgehead atoms. The quantitative estimate of drug-likeness (QED) is 0.890. The van der Waals surface area contributed by atoms with Gasteiger partial charge in [0.15, 0.2) is 11.5 Å². The van der Waals surface area contributed by atoms with Crippen molar-refractivity contribution in [2.24, 2.45) is 0 Å². The third-order valence-corrected chi connectivity index (χ3v) is 4.60. The standard InChI is InChI=1S/C16H22N2O3/c1-21-15-5-4-11(9-14(15)19)16(20)17-12-6-8-18-7-2-3-13(18)10-12/h4-5,9,12-13,19H,2-3,6-8,10H2,1H3,(H,17,20). The number of amides is 1. The van der Waals surface area contributed by atoms with Crippen LogP contribution in [0.5, 0.6) is 11.5 Å². The molecule has 114 valence electrons. The maximum absolute atomic E-state index is 12.3. The second kappa shape index (κ2) is 5.93. The molecular weight excluding hydrogens is 268 g/mol. The summed E-state index contributed by atoms with van der Waals surface area (Å²) in [7, 11) is 1.49. The predicted octanol–water partition coefficient (Wildman–Crippen LogP) is 1.76. The van der Waals surface area contributed by atoms with Gasteiger partial charge in [-0.15, -0.1) is 0 Å². The molecule has 1 aromatic carbocycles. The molecule has 5 heteroatoms. The van der Waals surface area contributed by atoms with Gasteiger partial charge in [-0.3, -0.25) is 4.79 Å². The zero-order valence-electron chi connectivity index (χ0n) is 12.3. The number of piperidine rings is 1. The number of hydrogen-bond donors (Lipinski definition) is 2. The summed E-state index contributed by atoms with van der Waals surface area (Å²) in [5.41, 5.74) is 0.474. The van der Waals surface area contributed by atoms with Crippen LogP contribution in [0.3, 0.4) is 0 Å². The Balaban J connectivity index is 1.62. The Morgan fingerprint density at radius 1 is 1.38 bits per heavy atom. The maximum Gasteiger partial charge on any atom is 0.251 e. The second-order valence-electron chi connectivity index (χ2n) is 5.91. The van der Waals surface area contributed by atoms with Gasteiger partial charge in [0, 0.05) is 24.2 Å². The minimum atomic E-state index is -0.121. The highest BCUT2D eigenvalue weighted by Gasteiger charge is 2.32. The van der Waals surface area contributed by atoms with Gasteiger partial charge in [0.1, 0.15) is 0 Å². The zero-order chi connectivity index (χ0) is 14.8. The number of hydrogen-bond acceptors (Lipinski definition) is 4. The van der Waals surface area contributed by atoms with Crippen molar-refractivity contribution < 1.29 is 14.6 Å². The summed E-state index contributed by atoms with van der Waals surface area (Å²) in [4.78, 5) is 14.8. The number of phenols is 1. The first kappa shape index (κ1) is 14.2. The average molecular weight is 290 g/mol. The number of ether oxygens (including phenoxy) is 1. The third kappa shape index (κ3) is 2.97. The molecule has 0 radical (unpaired) electrons. The smallest absolute Gasteiger partial charge is 0.251 e. The molecule has 0 aromatic heterocycles. The molecule has 2 fully saturated rings. The van der Waals surface area contributed by atoms with Gasteiger partial charge < -0.3 is 20.1 Å². The van der Waals surface area contributed by atoms with Gasteiger partial charge in [0.05, 0.1) is 7.11 Å². The van der Waals surface area contributed by atoms with E-state index in [0.29, 0.717) is 17.4 Å². The molecule has 0 saturated carbocycles. The molecule has 3 rings (SSSR count). The molecule has 21 heavy (non-hydrogen) atoms. The van der Waals surface area contributed by atoms with Crippen LogP contribution in [-0.4, -0.2) is 48.2 Å². The molecule has 1 aromatic rings. The molecular formula is C16H22N2O3. The highest BCUT2D eigenvalue weighted by molar-refractivity contribution is 5.95. The van der Waals surface area contributed by atoms with E-state index in [2.05, 4.69) is 10.2 Å². The maximum atomic E-state index is 12.3. The number of fused-ring (bicyclic) bond motifs is 1. The molecule has 2 unspecified atom stereocenters. The van der Waals surface area contributed by atoms with E-state index in [1.54, 1.807) is 12.1 Å². The molecule has 2 N–H and O–H groups in total. The Bertz CT molecular complexity index is 532. The summed E-state index contributed by atoms with van der Waals surface area (Å²) in [6, 6.07) is 5.62. The fourth-order valence-electron chi connectivity index (χ4n) is 3.46. The Labute approximate surface area is 124 Å². The lowest BCUT2D eigenvalue weighted by atomic mass is 9.97. The average Bonchev–Trinajstić information content (AvgIpc) is 2.94. The van der Waals surface area contributed by atoms with Crippen LogP contribution in [0, 0.1) is 0 Å². The monoisotopic (exact) mass is 290 g/mol. The number of methoxy groups -OCH3 is 1. The number of phenolic OH excluding ortho intramolecular Hbond substituents is 1. The molecule has 2 aliphatic heterocycles. The van der Waals surface area contributed by atoms with Crippen LogP contribution < -0.4 is 10.1 Å². The van der Waals surface area contributed by atoms with Crippen LogP contribution in [0.4, 0.5) is 0 Å².